The number of hydrogen-bond acceptors (Lipinski definition) is 3. The van der Waals surface area contributed by atoms with Crippen molar-refractivity contribution in [2.45, 2.75) is 0 Å². The first-order valence-corrected chi connectivity index (χ1v) is 8.26. The first kappa shape index (κ1) is 15.1. The molecule has 0 amide bonds. The summed E-state index contributed by atoms with van der Waals surface area (Å²) in [7, 11) is -1.92. The summed E-state index contributed by atoms with van der Waals surface area (Å²) >= 11 is 12.0. The Labute approximate surface area is 122 Å². The van der Waals surface area contributed by atoms with Crippen LogP contribution in [-0.2, 0) is 10.0 Å². The molecule has 1 rings (SSSR count). The molecule has 0 bridgehead atoms. The van der Waals surface area contributed by atoms with Crippen LogP contribution in [0, 0.1) is 0 Å². The summed E-state index contributed by atoms with van der Waals surface area (Å²) in [6.07, 6.45) is 0. The number of anilines is 1. The second kappa shape index (κ2) is 6.26. The lowest BCUT2D eigenvalue weighted by atomic mass is 10.3. The molecule has 8 heteroatoms. The van der Waals surface area contributed by atoms with Gasteiger partial charge < -0.3 is 4.74 Å². The molecular weight excluding hydrogens is 397 g/mol. The highest BCUT2D eigenvalue weighted by atomic mass is 79.9. The third kappa shape index (κ3) is 4.31. The molecule has 17 heavy (non-hydrogen) atoms. The highest BCUT2D eigenvalue weighted by Gasteiger charge is 2.14. The highest BCUT2D eigenvalue weighted by molar-refractivity contribution is 9.11. The van der Waals surface area contributed by atoms with E-state index in [1.807, 2.05) is 0 Å². The van der Waals surface area contributed by atoms with Crippen molar-refractivity contribution < 1.29 is 13.2 Å². The largest absolute Gasteiger partial charge is 0.495 e. The molecule has 0 aliphatic carbocycles. The summed E-state index contributed by atoms with van der Waals surface area (Å²) in [5.41, 5.74) is 0.412. The standard InChI is InChI=1S/C9H10Br2ClNO3S/c1-16-9-5-8(6(10)4-7(9)11)13-17(14,15)3-2-12/h4-5,13H,2-3H2,1H3. The number of alkyl halides is 1. The molecule has 0 radical (unpaired) electrons. The van der Waals surface area contributed by atoms with E-state index in [0.717, 1.165) is 4.47 Å². The van der Waals surface area contributed by atoms with E-state index in [0.29, 0.717) is 15.9 Å². The quantitative estimate of drug-likeness (QED) is 0.763. The van der Waals surface area contributed by atoms with Crippen molar-refractivity contribution in [2.75, 3.05) is 23.5 Å². The highest BCUT2D eigenvalue weighted by Crippen LogP contribution is 2.34. The fraction of sp³-hybridized carbons (Fsp3) is 0.333. The van der Waals surface area contributed by atoms with Gasteiger partial charge in [0.25, 0.3) is 0 Å². The van der Waals surface area contributed by atoms with Crippen molar-refractivity contribution in [3.8, 4) is 5.75 Å². The fourth-order valence-corrected chi connectivity index (χ4v) is 3.89. The second-order valence-electron chi connectivity index (χ2n) is 3.08. The maximum absolute atomic E-state index is 11.6. The topological polar surface area (TPSA) is 55.4 Å². The number of rotatable bonds is 5. The molecule has 4 nitrogen and oxygen atoms in total. The van der Waals surface area contributed by atoms with Gasteiger partial charge in [0.05, 0.1) is 23.0 Å². The first-order valence-electron chi connectivity index (χ1n) is 4.49. The van der Waals surface area contributed by atoms with Crippen molar-refractivity contribution in [2.24, 2.45) is 0 Å². The zero-order valence-electron chi connectivity index (χ0n) is 8.84. The molecule has 96 valence electrons. The van der Waals surface area contributed by atoms with Gasteiger partial charge in [0, 0.05) is 16.4 Å². The van der Waals surface area contributed by atoms with Crippen LogP contribution in [0.3, 0.4) is 0 Å². The minimum atomic E-state index is -3.43. The molecular formula is C9H10Br2ClNO3S. The predicted octanol–water partition coefficient (Wildman–Crippen LogP) is 3.20. The molecule has 0 saturated carbocycles. The monoisotopic (exact) mass is 405 g/mol. The van der Waals surface area contributed by atoms with E-state index in [2.05, 4.69) is 36.6 Å². The summed E-state index contributed by atoms with van der Waals surface area (Å²) < 4.78 is 32.0. The van der Waals surface area contributed by atoms with Crippen LogP contribution >= 0.6 is 43.5 Å². The predicted molar refractivity (Wildman–Crippen MR) is 76.5 cm³/mol. The van der Waals surface area contributed by atoms with E-state index >= 15 is 0 Å². The van der Waals surface area contributed by atoms with E-state index in [1.165, 1.54) is 7.11 Å². The van der Waals surface area contributed by atoms with Gasteiger partial charge in [0.2, 0.25) is 10.0 Å². The lowest BCUT2D eigenvalue weighted by Crippen LogP contribution is -2.17. The van der Waals surface area contributed by atoms with Crippen molar-refractivity contribution in [1.82, 2.24) is 0 Å². The Morgan fingerprint density at radius 1 is 1.35 bits per heavy atom. The van der Waals surface area contributed by atoms with Gasteiger partial charge in [-0.15, -0.1) is 11.6 Å². The molecule has 1 aromatic rings. The molecule has 0 aliphatic heterocycles. The van der Waals surface area contributed by atoms with Gasteiger partial charge in [-0.05, 0) is 37.9 Å². The number of sulfonamides is 1. The van der Waals surface area contributed by atoms with Crippen molar-refractivity contribution in [3.05, 3.63) is 21.1 Å². The molecule has 0 saturated heterocycles. The van der Waals surface area contributed by atoms with Gasteiger partial charge in [-0.2, -0.15) is 0 Å². The Bertz CT molecular complexity index is 507. The lowest BCUT2D eigenvalue weighted by Gasteiger charge is -2.11. The Morgan fingerprint density at radius 3 is 2.53 bits per heavy atom. The zero-order chi connectivity index (χ0) is 13.1. The molecule has 0 heterocycles. The SMILES string of the molecule is COc1cc(NS(=O)(=O)CCCl)c(Br)cc1Br. The number of ether oxygens (including phenoxy) is 1. The molecule has 0 fully saturated rings. The van der Waals surface area contributed by atoms with Crippen molar-refractivity contribution >= 4 is 59.2 Å². The van der Waals surface area contributed by atoms with E-state index < -0.39 is 10.0 Å². The van der Waals surface area contributed by atoms with Crippen LogP contribution in [0.5, 0.6) is 5.75 Å². The second-order valence-corrected chi connectivity index (χ2v) is 7.01. The summed E-state index contributed by atoms with van der Waals surface area (Å²) in [4.78, 5) is 0. The summed E-state index contributed by atoms with van der Waals surface area (Å²) in [5, 5.41) is 0. The molecule has 0 aliphatic rings. The van der Waals surface area contributed by atoms with Gasteiger partial charge in [-0.25, -0.2) is 8.42 Å². The van der Waals surface area contributed by atoms with Gasteiger partial charge in [-0.1, -0.05) is 0 Å². The molecule has 0 atom stereocenters. The molecule has 0 spiro atoms. The van der Waals surface area contributed by atoms with E-state index in [4.69, 9.17) is 16.3 Å². The number of halogens is 3. The van der Waals surface area contributed by atoms with Crippen LogP contribution < -0.4 is 9.46 Å². The minimum Gasteiger partial charge on any atom is -0.495 e. The third-order valence-corrected chi connectivity index (χ3v) is 4.81. The summed E-state index contributed by atoms with van der Waals surface area (Å²) in [6.45, 7) is 0. The fourth-order valence-electron chi connectivity index (χ4n) is 1.08. The smallest absolute Gasteiger partial charge is 0.233 e. The van der Waals surface area contributed by atoms with Crippen LogP contribution in [0.1, 0.15) is 0 Å². The van der Waals surface area contributed by atoms with Crippen molar-refractivity contribution in [3.63, 3.8) is 0 Å². The van der Waals surface area contributed by atoms with E-state index in [-0.39, 0.29) is 11.6 Å². The van der Waals surface area contributed by atoms with Gasteiger partial charge in [0.1, 0.15) is 5.75 Å². The number of nitrogens with one attached hydrogen (secondary N) is 1. The first-order chi connectivity index (χ1) is 7.89. The minimum absolute atomic E-state index is 0.0423. The van der Waals surface area contributed by atoms with Gasteiger partial charge in [0.15, 0.2) is 0 Å². The van der Waals surface area contributed by atoms with Crippen LogP contribution in [-0.4, -0.2) is 27.2 Å². The van der Waals surface area contributed by atoms with Crippen LogP contribution in [0.15, 0.2) is 21.1 Å². The number of hydrogen-bond donors (Lipinski definition) is 1. The molecule has 1 aromatic carbocycles. The number of benzene rings is 1. The number of methoxy groups -OCH3 is 1. The third-order valence-electron chi connectivity index (χ3n) is 1.85. The zero-order valence-corrected chi connectivity index (χ0v) is 13.6. The maximum Gasteiger partial charge on any atom is 0.233 e. The van der Waals surface area contributed by atoms with Crippen LogP contribution in [0.2, 0.25) is 0 Å². The Kier molecular flexibility index (Phi) is 5.56. The summed E-state index contributed by atoms with van der Waals surface area (Å²) in [6, 6.07) is 3.29. The Hall–Kier alpha value is 0.0200. The molecule has 1 N–H and O–H groups in total. The average molecular weight is 408 g/mol. The van der Waals surface area contributed by atoms with Crippen molar-refractivity contribution in [1.29, 1.82) is 0 Å². The molecule has 0 aromatic heterocycles. The summed E-state index contributed by atoms with van der Waals surface area (Å²) in [5.74, 6) is 0.441. The average Bonchev–Trinajstić information content (AvgIpc) is 2.21. The Morgan fingerprint density at radius 2 is 2.00 bits per heavy atom. The van der Waals surface area contributed by atoms with Crippen LogP contribution in [0.4, 0.5) is 5.69 Å². The van der Waals surface area contributed by atoms with Gasteiger partial charge >= 0.3 is 0 Å². The Balaban J connectivity index is 3.07. The van der Waals surface area contributed by atoms with Crippen LogP contribution in [0.25, 0.3) is 0 Å². The van der Waals surface area contributed by atoms with E-state index in [1.54, 1.807) is 12.1 Å². The lowest BCUT2D eigenvalue weighted by molar-refractivity contribution is 0.412. The maximum atomic E-state index is 11.6. The normalized spacial score (nSPS) is 11.3. The molecule has 0 unspecified atom stereocenters. The van der Waals surface area contributed by atoms with E-state index in [9.17, 15) is 8.42 Å². The van der Waals surface area contributed by atoms with Gasteiger partial charge in [-0.3, -0.25) is 4.72 Å².